The molecule has 0 unspecified atom stereocenters. The Morgan fingerprint density at radius 1 is 1.31 bits per heavy atom. The first-order valence-corrected chi connectivity index (χ1v) is 13.2. The van der Waals surface area contributed by atoms with Crippen molar-refractivity contribution in [3.05, 3.63) is 75.9 Å². The number of carbonyl (C=O) groups is 1. The number of ether oxygens (including phenoxy) is 1. The van der Waals surface area contributed by atoms with Crippen LogP contribution < -0.4 is 15.4 Å². The maximum Gasteiger partial charge on any atom is 0.251 e. The molecule has 0 saturated heterocycles. The second-order valence-electron chi connectivity index (χ2n) is 9.47. The highest BCUT2D eigenvalue weighted by Crippen LogP contribution is 2.35. The third-order valence-electron chi connectivity index (χ3n) is 6.80. The normalized spacial score (nSPS) is 16.6. The number of nitrogens with zero attached hydrogens (tertiary/aromatic N) is 2. The number of amides is 1. The van der Waals surface area contributed by atoms with Crippen molar-refractivity contribution in [1.82, 2.24) is 15.2 Å². The van der Waals surface area contributed by atoms with E-state index in [4.69, 9.17) is 9.15 Å². The van der Waals surface area contributed by atoms with Crippen molar-refractivity contribution in [2.75, 3.05) is 25.0 Å². The number of fused-ring (bicyclic) bond motifs is 1. The molecule has 1 aliphatic carbocycles. The molecule has 2 aliphatic rings. The molecule has 0 radical (unpaired) electrons. The van der Waals surface area contributed by atoms with Crippen molar-refractivity contribution in [2.45, 2.75) is 51.0 Å². The second-order valence-corrected chi connectivity index (χ2v) is 10.3. The quantitative estimate of drug-likeness (QED) is 0.346. The fraction of sp³-hybridized carbons (Fsp3) is 0.407. The molecular weight excluding hydrogens is 524 g/mol. The minimum absolute atomic E-state index is 0.169. The Morgan fingerprint density at radius 2 is 2.19 bits per heavy atom. The Morgan fingerprint density at radius 3 is 2.97 bits per heavy atom. The molecule has 36 heavy (non-hydrogen) atoms. The van der Waals surface area contributed by atoms with Crippen molar-refractivity contribution >= 4 is 27.5 Å². The predicted octanol–water partition coefficient (Wildman–Crippen LogP) is 4.13. The molecule has 0 bridgehead atoms. The van der Waals surface area contributed by atoms with E-state index < -0.39 is 6.10 Å². The van der Waals surface area contributed by atoms with E-state index >= 15 is 0 Å². The lowest BCUT2D eigenvalue weighted by atomic mass is 9.93. The number of benzene rings is 2. The van der Waals surface area contributed by atoms with Crippen LogP contribution in [0.3, 0.4) is 0 Å². The monoisotopic (exact) mass is 554 g/mol. The van der Waals surface area contributed by atoms with E-state index in [0.29, 0.717) is 30.5 Å². The summed E-state index contributed by atoms with van der Waals surface area (Å²) in [5.74, 6) is 1.27. The number of nitrogens with one attached hydrogen (secondary N) is 2. The van der Waals surface area contributed by atoms with Gasteiger partial charge in [0, 0.05) is 43.5 Å². The van der Waals surface area contributed by atoms with Gasteiger partial charge < -0.3 is 24.9 Å². The summed E-state index contributed by atoms with van der Waals surface area (Å²) in [6.45, 7) is 2.57. The number of aliphatic hydroxyl groups is 1. The molecule has 1 aromatic heterocycles. The summed E-state index contributed by atoms with van der Waals surface area (Å²) < 4.78 is 12.1. The van der Waals surface area contributed by atoms with Gasteiger partial charge >= 0.3 is 0 Å². The van der Waals surface area contributed by atoms with Crippen LogP contribution >= 0.6 is 15.9 Å². The third kappa shape index (κ3) is 6.08. The molecule has 0 spiro atoms. The van der Waals surface area contributed by atoms with E-state index in [9.17, 15) is 9.90 Å². The number of halogens is 1. The summed E-state index contributed by atoms with van der Waals surface area (Å²) >= 11 is 3.70. The van der Waals surface area contributed by atoms with Gasteiger partial charge in [-0.1, -0.05) is 12.1 Å². The molecule has 190 valence electrons. The molecule has 3 aromatic rings. The van der Waals surface area contributed by atoms with Gasteiger partial charge in [-0.15, -0.1) is 0 Å². The van der Waals surface area contributed by atoms with Gasteiger partial charge in [-0.05, 0) is 77.0 Å². The zero-order chi connectivity index (χ0) is 24.9. The van der Waals surface area contributed by atoms with E-state index in [2.05, 4.69) is 42.5 Å². The lowest BCUT2D eigenvalue weighted by Gasteiger charge is -2.31. The predicted molar refractivity (Wildman–Crippen MR) is 140 cm³/mol. The fourth-order valence-electron chi connectivity index (χ4n) is 4.59. The van der Waals surface area contributed by atoms with Crippen molar-refractivity contribution < 1.29 is 19.1 Å². The third-order valence-corrected chi connectivity index (χ3v) is 7.67. The molecule has 1 atom stereocenters. The fourth-order valence-corrected chi connectivity index (χ4v) is 5.29. The standard InChI is InChI=1S/C27H31BrN4O4/c28-26-24-9-10-32(14-19(24)7-8-25(26)35-16-23-13-29-17-36-23)15-22(33)12-30-27(34)18-3-1-6-21(11-18)31-20-4-2-5-20/h1,3,6-8,11,13,17,20,22,31,33H,2,4-5,9-10,12,14-16H2,(H,30,34)/t22-/m0/s1. The van der Waals surface area contributed by atoms with Gasteiger partial charge in [0.05, 0.1) is 16.8 Å². The van der Waals surface area contributed by atoms with E-state index in [-0.39, 0.29) is 12.5 Å². The molecule has 1 saturated carbocycles. The highest BCUT2D eigenvalue weighted by molar-refractivity contribution is 9.10. The highest BCUT2D eigenvalue weighted by Gasteiger charge is 2.23. The maximum absolute atomic E-state index is 12.6. The number of hydrogen-bond donors (Lipinski definition) is 3. The average molecular weight is 555 g/mol. The summed E-state index contributed by atoms with van der Waals surface area (Å²) in [5, 5.41) is 17.0. The first-order valence-electron chi connectivity index (χ1n) is 12.4. The van der Waals surface area contributed by atoms with Gasteiger partial charge in [0.2, 0.25) is 0 Å². The Labute approximate surface area is 219 Å². The number of anilines is 1. The Bertz CT molecular complexity index is 1180. The Hall–Kier alpha value is -2.88. The molecule has 2 aromatic carbocycles. The van der Waals surface area contributed by atoms with Crippen LogP contribution in [0, 0.1) is 0 Å². The van der Waals surface area contributed by atoms with Gasteiger partial charge in [0.1, 0.15) is 12.4 Å². The number of aliphatic hydroxyl groups excluding tert-OH is 1. The summed E-state index contributed by atoms with van der Waals surface area (Å²) in [5.41, 5.74) is 3.99. The van der Waals surface area contributed by atoms with Gasteiger partial charge in [-0.25, -0.2) is 4.98 Å². The lowest BCUT2D eigenvalue weighted by molar-refractivity contribution is 0.0841. The van der Waals surface area contributed by atoms with Crippen LogP contribution in [0.5, 0.6) is 5.75 Å². The summed E-state index contributed by atoms with van der Waals surface area (Å²) in [6.07, 6.45) is 6.84. The van der Waals surface area contributed by atoms with Crippen LogP contribution in [0.4, 0.5) is 5.69 Å². The zero-order valence-electron chi connectivity index (χ0n) is 20.1. The number of oxazole rings is 1. The molecule has 1 fully saturated rings. The number of aromatic nitrogens is 1. The molecule has 1 aliphatic heterocycles. The summed E-state index contributed by atoms with van der Waals surface area (Å²) in [4.78, 5) is 18.8. The Kier molecular flexibility index (Phi) is 7.89. The minimum Gasteiger partial charge on any atom is -0.484 e. The number of β-amino-alcohol motifs (C(OH)–C–C–N with tert-alkyl or cyclic N) is 1. The molecule has 3 N–H and O–H groups in total. The van der Waals surface area contributed by atoms with Crippen LogP contribution in [0.15, 0.2) is 57.9 Å². The lowest BCUT2D eigenvalue weighted by Crippen LogP contribution is -2.42. The van der Waals surface area contributed by atoms with Crippen LogP contribution in [-0.2, 0) is 19.6 Å². The van der Waals surface area contributed by atoms with E-state index in [1.165, 1.54) is 36.8 Å². The van der Waals surface area contributed by atoms with Crippen LogP contribution in [0.1, 0.15) is 46.5 Å². The van der Waals surface area contributed by atoms with E-state index in [1.54, 1.807) is 12.3 Å². The van der Waals surface area contributed by atoms with Crippen molar-refractivity contribution in [3.63, 3.8) is 0 Å². The molecule has 1 amide bonds. The molecular formula is C27H31BrN4O4. The van der Waals surface area contributed by atoms with Crippen LogP contribution in [-0.4, -0.2) is 52.7 Å². The first-order chi connectivity index (χ1) is 17.5. The number of carbonyl (C=O) groups excluding carboxylic acids is 1. The topological polar surface area (TPSA) is 99.9 Å². The van der Waals surface area contributed by atoms with Crippen LogP contribution in [0.25, 0.3) is 0 Å². The average Bonchev–Trinajstić information content (AvgIpc) is 3.38. The number of hydrogen-bond acceptors (Lipinski definition) is 7. The SMILES string of the molecule is O=C(NC[C@H](O)CN1CCc2c(ccc(OCc3cnco3)c2Br)C1)c1cccc(NC2CCC2)c1. The van der Waals surface area contributed by atoms with Crippen LogP contribution in [0.2, 0.25) is 0 Å². The maximum atomic E-state index is 12.6. The van der Waals surface area contributed by atoms with Crippen molar-refractivity contribution in [1.29, 1.82) is 0 Å². The van der Waals surface area contributed by atoms with Crippen molar-refractivity contribution in [2.24, 2.45) is 0 Å². The van der Waals surface area contributed by atoms with Gasteiger partial charge in [0.25, 0.3) is 5.91 Å². The van der Waals surface area contributed by atoms with Gasteiger partial charge in [-0.3, -0.25) is 9.69 Å². The number of rotatable bonds is 10. The smallest absolute Gasteiger partial charge is 0.251 e. The van der Waals surface area contributed by atoms with E-state index in [0.717, 1.165) is 35.4 Å². The summed E-state index contributed by atoms with van der Waals surface area (Å²) in [7, 11) is 0. The van der Waals surface area contributed by atoms with Gasteiger partial charge in [0.15, 0.2) is 12.2 Å². The summed E-state index contributed by atoms with van der Waals surface area (Å²) in [6, 6.07) is 12.1. The first kappa shape index (κ1) is 24.8. The largest absolute Gasteiger partial charge is 0.484 e. The highest BCUT2D eigenvalue weighted by atomic mass is 79.9. The minimum atomic E-state index is -0.653. The zero-order valence-corrected chi connectivity index (χ0v) is 21.7. The van der Waals surface area contributed by atoms with E-state index in [1.807, 2.05) is 24.3 Å². The molecule has 9 heteroatoms. The van der Waals surface area contributed by atoms with Gasteiger partial charge in [-0.2, -0.15) is 0 Å². The molecule has 2 heterocycles. The molecule has 5 rings (SSSR count). The second kappa shape index (κ2) is 11.5. The molecule has 8 nitrogen and oxygen atoms in total. The Balaban J connectivity index is 1.10. The van der Waals surface area contributed by atoms with Crippen molar-refractivity contribution in [3.8, 4) is 5.75 Å².